The van der Waals surface area contributed by atoms with E-state index in [-0.39, 0.29) is 6.61 Å². The normalized spacial score (nSPS) is 10.5. The van der Waals surface area contributed by atoms with E-state index < -0.39 is 6.09 Å². The van der Waals surface area contributed by atoms with Crippen LogP contribution in [0.25, 0.3) is 6.08 Å². The van der Waals surface area contributed by atoms with E-state index in [2.05, 4.69) is 5.32 Å². The van der Waals surface area contributed by atoms with Crippen molar-refractivity contribution in [3.05, 3.63) is 77.3 Å². The quantitative estimate of drug-likeness (QED) is 0.676. The molecular formula is C16H16N2O3. The molecule has 2 rings (SSSR count). The van der Waals surface area contributed by atoms with Gasteiger partial charge in [0.25, 0.3) is 0 Å². The molecule has 0 saturated carbocycles. The summed E-state index contributed by atoms with van der Waals surface area (Å²) in [6, 6.07) is 12.9. The lowest BCUT2D eigenvalue weighted by Gasteiger charge is -2.05. The first-order chi connectivity index (χ1) is 10.2. The van der Waals surface area contributed by atoms with E-state index in [1.165, 1.54) is 12.4 Å². The van der Waals surface area contributed by atoms with Gasteiger partial charge in [0.2, 0.25) is 0 Å². The standard InChI is InChI=1S/C16H16N2O3/c19-16(21-13-15-6-2-1-3-7-15)17-10-4-8-14-9-5-11-18(20)12-14/h1-9,11-12H,10,13H2,(H,17,19). The number of carbonyl (C=O) groups excluding carboxylic acids is 1. The minimum atomic E-state index is -0.476. The number of alkyl carbamates (subject to hydrolysis) is 1. The van der Waals surface area contributed by atoms with Crippen molar-refractivity contribution in [1.82, 2.24) is 5.32 Å². The van der Waals surface area contributed by atoms with Crippen molar-refractivity contribution in [1.29, 1.82) is 0 Å². The van der Waals surface area contributed by atoms with Gasteiger partial charge in [-0.15, -0.1) is 0 Å². The fourth-order valence-electron chi connectivity index (χ4n) is 1.68. The highest BCUT2D eigenvalue weighted by molar-refractivity contribution is 5.67. The van der Waals surface area contributed by atoms with Crippen molar-refractivity contribution < 1.29 is 14.3 Å². The van der Waals surface area contributed by atoms with E-state index in [9.17, 15) is 10.0 Å². The maximum absolute atomic E-state index is 11.5. The Morgan fingerprint density at radius 1 is 1.24 bits per heavy atom. The van der Waals surface area contributed by atoms with Crippen molar-refractivity contribution in [2.24, 2.45) is 0 Å². The molecule has 5 heteroatoms. The molecule has 1 aromatic heterocycles. The van der Waals surface area contributed by atoms with E-state index in [1.54, 1.807) is 24.3 Å². The molecular weight excluding hydrogens is 268 g/mol. The lowest BCUT2D eigenvalue weighted by atomic mass is 10.2. The molecule has 0 bridgehead atoms. The number of benzene rings is 1. The third kappa shape index (κ3) is 5.36. The molecule has 0 fully saturated rings. The first kappa shape index (κ1) is 14.6. The van der Waals surface area contributed by atoms with E-state index in [0.717, 1.165) is 15.9 Å². The molecule has 0 aliphatic rings. The Morgan fingerprint density at radius 2 is 2.05 bits per heavy atom. The average Bonchev–Trinajstić information content (AvgIpc) is 2.51. The van der Waals surface area contributed by atoms with Gasteiger partial charge in [0.05, 0.1) is 0 Å². The van der Waals surface area contributed by atoms with E-state index in [0.29, 0.717) is 6.54 Å². The van der Waals surface area contributed by atoms with Gasteiger partial charge in [-0.1, -0.05) is 42.5 Å². The molecule has 0 aliphatic heterocycles. The van der Waals surface area contributed by atoms with Gasteiger partial charge in [0.1, 0.15) is 6.61 Å². The summed E-state index contributed by atoms with van der Waals surface area (Å²) in [4.78, 5) is 11.5. The monoisotopic (exact) mass is 284 g/mol. The number of rotatable bonds is 5. The number of amides is 1. The first-order valence-electron chi connectivity index (χ1n) is 6.54. The van der Waals surface area contributed by atoms with E-state index in [4.69, 9.17) is 4.74 Å². The van der Waals surface area contributed by atoms with Gasteiger partial charge < -0.3 is 15.3 Å². The summed E-state index contributed by atoms with van der Waals surface area (Å²) in [6.07, 6.45) is 5.89. The third-order valence-electron chi connectivity index (χ3n) is 2.69. The highest BCUT2D eigenvalue weighted by Gasteiger charge is 2.00. The summed E-state index contributed by atoms with van der Waals surface area (Å²) in [5, 5.41) is 13.6. The Morgan fingerprint density at radius 3 is 2.81 bits per heavy atom. The maximum Gasteiger partial charge on any atom is 0.407 e. The van der Waals surface area contributed by atoms with Crippen molar-refractivity contribution in [3.8, 4) is 0 Å². The van der Waals surface area contributed by atoms with Crippen LogP contribution in [0.5, 0.6) is 0 Å². The number of ether oxygens (including phenoxy) is 1. The van der Waals surface area contributed by atoms with Crippen LogP contribution in [0, 0.1) is 5.21 Å². The molecule has 0 radical (unpaired) electrons. The predicted molar refractivity (Wildman–Crippen MR) is 79.1 cm³/mol. The SMILES string of the molecule is O=C(NCC=Cc1ccc[n+]([O-])c1)OCc1ccccc1. The third-order valence-corrected chi connectivity index (χ3v) is 2.69. The molecule has 21 heavy (non-hydrogen) atoms. The molecule has 108 valence electrons. The average molecular weight is 284 g/mol. The zero-order valence-electron chi connectivity index (χ0n) is 11.4. The number of pyridine rings is 1. The lowest BCUT2D eigenvalue weighted by Crippen LogP contribution is -2.24. The Labute approximate surface area is 123 Å². The van der Waals surface area contributed by atoms with Crippen LogP contribution in [-0.4, -0.2) is 12.6 Å². The maximum atomic E-state index is 11.5. The molecule has 0 spiro atoms. The molecule has 0 aliphatic carbocycles. The van der Waals surface area contributed by atoms with Gasteiger partial charge in [0.15, 0.2) is 12.4 Å². The van der Waals surface area contributed by atoms with Crippen molar-refractivity contribution in [3.63, 3.8) is 0 Å². The Bertz CT molecular complexity index is 612. The zero-order chi connectivity index (χ0) is 14.9. The number of nitrogens with zero attached hydrogens (tertiary/aromatic N) is 1. The molecule has 1 heterocycles. The van der Waals surface area contributed by atoms with Crippen molar-refractivity contribution >= 4 is 12.2 Å². The Kier molecular flexibility index (Phi) is 5.34. The van der Waals surface area contributed by atoms with Crippen molar-refractivity contribution in [2.45, 2.75) is 6.61 Å². The number of carbonyl (C=O) groups is 1. The van der Waals surface area contributed by atoms with Crippen molar-refractivity contribution in [2.75, 3.05) is 6.54 Å². The number of hydrogen-bond acceptors (Lipinski definition) is 3. The summed E-state index contributed by atoms with van der Waals surface area (Å²) in [7, 11) is 0. The summed E-state index contributed by atoms with van der Waals surface area (Å²) in [6.45, 7) is 0.576. The number of nitrogens with one attached hydrogen (secondary N) is 1. The highest BCUT2D eigenvalue weighted by atomic mass is 16.5. The molecule has 0 atom stereocenters. The summed E-state index contributed by atoms with van der Waals surface area (Å²) < 4.78 is 5.78. The molecule has 1 amide bonds. The summed E-state index contributed by atoms with van der Waals surface area (Å²) in [5.41, 5.74) is 1.71. The predicted octanol–water partition coefficient (Wildman–Crippen LogP) is 2.26. The molecule has 5 nitrogen and oxygen atoms in total. The lowest BCUT2D eigenvalue weighted by molar-refractivity contribution is -0.605. The fourth-order valence-corrected chi connectivity index (χ4v) is 1.68. The topological polar surface area (TPSA) is 65.3 Å². The second-order valence-electron chi connectivity index (χ2n) is 4.34. The molecule has 0 unspecified atom stereocenters. The van der Waals surface area contributed by atoms with Gasteiger partial charge in [-0.2, -0.15) is 4.73 Å². The summed E-state index contributed by atoms with van der Waals surface area (Å²) in [5.74, 6) is 0. The molecule has 1 N–H and O–H groups in total. The zero-order valence-corrected chi connectivity index (χ0v) is 11.4. The largest absolute Gasteiger partial charge is 0.619 e. The minimum absolute atomic E-state index is 0.241. The molecule has 0 saturated heterocycles. The van der Waals surface area contributed by atoms with Crippen LogP contribution in [0.3, 0.4) is 0 Å². The smallest absolute Gasteiger partial charge is 0.407 e. The van der Waals surface area contributed by atoms with E-state index in [1.807, 2.05) is 30.3 Å². The van der Waals surface area contributed by atoms with Crippen LogP contribution < -0.4 is 10.0 Å². The van der Waals surface area contributed by atoms with Crippen LogP contribution in [0.1, 0.15) is 11.1 Å². The Balaban J connectivity index is 1.69. The molecule has 2 aromatic rings. The second kappa shape index (κ2) is 7.69. The molecule has 1 aromatic carbocycles. The minimum Gasteiger partial charge on any atom is -0.619 e. The van der Waals surface area contributed by atoms with Gasteiger partial charge in [-0.05, 0) is 11.6 Å². The van der Waals surface area contributed by atoms with Crippen LogP contribution in [0.4, 0.5) is 4.79 Å². The van der Waals surface area contributed by atoms with Crippen LogP contribution >= 0.6 is 0 Å². The first-order valence-corrected chi connectivity index (χ1v) is 6.54. The van der Waals surface area contributed by atoms with Gasteiger partial charge in [-0.25, -0.2) is 4.79 Å². The van der Waals surface area contributed by atoms with Gasteiger partial charge in [-0.3, -0.25) is 0 Å². The van der Waals surface area contributed by atoms with Crippen LogP contribution in [0.2, 0.25) is 0 Å². The van der Waals surface area contributed by atoms with Crippen LogP contribution in [0.15, 0.2) is 60.9 Å². The second-order valence-corrected chi connectivity index (χ2v) is 4.34. The van der Waals surface area contributed by atoms with Gasteiger partial charge >= 0.3 is 6.09 Å². The highest BCUT2D eigenvalue weighted by Crippen LogP contribution is 2.00. The van der Waals surface area contributed by atoms with Gasteiger partial charge in [0, 0.05) is 18.2 Å². The fraction of sp³-hybridized carbons (Fsp3) is 0.125. The van der Waals surface area contributed by atoms with E-state index >= 15 is 0 Å². The summed E-state index contributed by atoms with van der Waals surface area (Å²) >= 11 is 0. The number of aromatic nitrogens is 1. The van der Waals surface area contributed by atoms with Crippen LogP contribution in [-0.2, 0) is 11.3 Å². The Hall–Kier alpha value is -2.82. The number of hydrogen-bond donors (Lipinski definition) is 1.